The minimum atomic E-state index is -0.770. The van der Waals surface area contributed by atoms with Crippen LogP contribution in [-0.2, 0) is 4.79 Å². The Morgan fingerprint density at radius 3 is 2.48 bits per heavy atom. The summed E-state index contributed by atoms with van der Waals surface area (Å²) in [5.41, 5.74) is -0.760. The Bertz CT molecular complexity index is 394. The van der Waals surface area contributed by atoms with Gasteiger partial charge >= 0.3 is 12.0 Å². The van der Waals surface area contributed by atoms with Gasteiger partial charge in [0.05, 0.1) is 5.41 Å². The SMILES string of the molecule is CC1CN(C)CCN1C(=O)NCC1(C(=O)O)CCCCC1. The van der Waals surface area contributed by atoms with Gasteiger partial charge < -0.3 is 20.2 Å². The van der Waals surface area contributed by atoms with E-state index in [-0.39, 0.29) is 18.6 Å². The molecule has 0 bridgehead atoms. The number of carbonyl (C=O) groups excluding carboxylic acids is 1. The lowest BCUT2D eigenvalue weighted by Gasteiger charge is -2.39. The van der Waals surface area contributed by atoms with E-state index in [0.717, 1.165) is 32.4 Å². The van der Waals surface area contributed by atoms with E-state index in [9.17, 15) is 14.7 Å². The Kier molecular flexibility index (Phi) is 5.08. The highest BCUT2D eigenvalue weighted by atomic mass is 16.4. The summed E-state index contributed by atoms with van der Waals surface area (Å²) in [6.07, 6.45) is 4.31. The van der Waals surface area contributed by atoms with Crippen LogP contribution in [0.3, 0.4) is 0 Å². The molecular formula is C15H27N3O3. The molecule has 1 aliphatic heterocycles. The van der Waals surface area contributed by atoms with Gasteiger partial charge in [0.15, 0.2) is 0 Å². The fourth-order valence-electron chi connectivity index (χ4n) is 3.48. The van der Waals surface area contributed by atoms with Crippen LogP contribution in [0.5, 0.6) is 0 Å². The van der Waals surface area contributed by atoms with Crippen LogP contribution in [0.4, 0.5) is 4.79 Å². The molecule has 2 amide bonds. The minimum absolute atomic E-state index is 0.123. The normalized spacial score (nSPS) is 26.4. The summed E-state index contributed by atoms with van der Waals surface area (Å²) < 4.78 is 0. The topological polar surface area (TPSA) is 72.9 Å². The first kappa shape index (κ1) is 16.1. The molecule has 120 valence electrons. The average molecular weight is 297 g/mol. The van der Waals surface area contributed by atoms with Crippen molar-refractivity contribution in [3.05, 3.63) is 0 Å². The maximum Gasteiger partial charge on any atom is 0.317 e. The number of piperazine rings is 1. The van der Waals surface area contributed by atoms with E-state index in [2.05, 4.69) is 10.2 Å². The summed E-state index contributed by atoms with van der Waals surface area (Å²) in [5.74, 6) is -0.770. The number of hydrogen-bond donors (Lipinski definition) is 2. The zero-order valence-corrected chi connectivity index (χ0v) is 13.1. The van der Waals surface area contributed by atoms with Crippen molar-refractivity contribution in [1.82, 2.24) is 15.1 Å². The predicted molar refractivity (Wildman–Crippen MR) is 80.2 cm³/mol. The van der Waals surface area contributed by atoms with Crippen molar-refractivity contribution in [2.45, 2.75) is 45.1 Å². The van der Waals surface area contributed by atoms with Crippen molar-refractivity contribution < 1.29 is 14.7 Å². The van der Waals surface area contributed by atoms with Crippen molar-refractivity contribution >= 4 is 12.0 Å². The zero-order chi connectivity index (χ0) is 15.5. The number of nitrogens with zero attached hydrogens (tertiary/aromatic N) is 2. The molecule has 0 aromatic carbocycles. The molecule has 1 saturated heterocycles. The van der Waals surface area contributed by atoms with Crippen molar-refractivity contribution in [3.8, 4) is 0 Å². The van der Waals surface area contributed by atoms with E-state index >= 15 is 0 Å². The molecule has 1 aliphatic carbocycles. The third-order valence-corrected chi connectivity index (χ3v) is 4.93. The van der Waals surface area contributed by atoms with E-state index in [4.69, 9.17) is 0 Å². The minimum Gasteiger partial charge on any atom is -0.481 e. The van der Waals surface area contributed by atoms with Gasteiger partial charge in [-0.05, 0) is 26.8 Å². The lowest BCUT2D eigenvalue weighted by atomic mass is 9.74. The first-order valence-electron chi connectivity index (χ1n) is 7.91. The number of hydrogen-bond acceptors (Lipinski definition) is 3. The van der Waals surface area contributed by atoms with E-state index in [1.807, 2.05) is 18.9 Å². The molecule has 0 radical (unpaired) electrons. The molecule has 2 rings (SSSR count). The highest BCUT2D eigenvalue weighted by molar-refractivity contribution is 5.78. The van der Waals surface area contributed by atoms with E-state index < -0.39 is 11.4 Å². The van der Waals surface area contributed by atoms with Crippen LogP contribution in [0.2, 0.25) is 0 Å². The van der Waals surface area contributed by atoms with Crippen molar-refractivity contribution in [2.24, 2.45) is 5.41 Å². The molecule has 0 aromatic rings. The summed E-state index contributed by atoms with van der Waals surface area (Å²) >= 11 is 0. The van der Waals surface area contributed by atoms with Crippen LogP contribution < -0.4 is 5.32 Å². The van der Waals surface area contributed by atoms with Gasteiger partial charge in [-0.1, -0.05) is 19.3 Å². The molecule has 0 aromatic heterocycles. The number of urea groups is 1. The predicted octanol–water partition coefficient (Wildman–Crippen LogP) is 1.37. The van der Waals surface area contributed by atoms with Crippen LogP contribution in [0.25, 0.3) is 0 Å². The number of carbonyl (C=O) groups is 2. The summed E-state index contributed by atoms with van der Waals surface area (Å²) in [4.78, 5) is 27.9. The van der Waals surface area contributed by atoms with Gasteiger partial charge in [-0.15, -0.1) is 0 Å². The van der Waals surface area contributed by atoms with Gasteiger partial charge in [0, 0.05) is 32.2 Å². The second-order valence-corrected chi connectivity index (χ2v) is 6.61. The van der Waals surface area contributed by atoms with Gasteiger partial charge in [0.1, 0.15) is 0 Å². The van der Waals surface area contributed by atoms with Gasteiger partial charge in [-0.2, -0.15) is 0 Å². The van der Waals surface area contributed by atoms with Crippen molar-refractivity contribution in [1.29, 1.82) is 0 Å². The van der Waals surface area contributed by atoms with E-state index in [1.165, 1.54) is 0 Å². The maximum absolute atomic E-state index is 12.3. The smallest absolute Gasteiger partial charge is 0.317 e. The first-order chi connectivity index (χ1) is 9.94. The van der Waals surface area contributed by atoms with Gasteiger partial charge in [-0.25, -0.2) is 4.79 Å². The average Bonchev–Trinajstić information content (AvgIpc) is 2.45. The molecule has 1 unspecified atom stereocenters. The Labute approximate surface area is 126 Å². The van der Waals surface area contributed by atoms with Gasteiger partial charge in [0.25, 0.3) is 0 Å². The Balaban J connectivity index is 1.91. The summed E-state index contributed by atoms with van der Waals surface area (Å²) in [6.45, 7) is 4.70. The molecule has 6 heteroatoms. The Morgan fingerprint density at radius 2 is 1.90 bits per heavy atom. The van der Waals surface area contributed by atoms with E-state index in [1.54, 1.807) is 0 Å². The van der Waals surface area contributed by atoms with Crippen LogP contribution >= 0.6 is 0 Å². The monoisotopic (exact) mass is 297 g/mol. The molecule has 0 spiro atoms. The molecule has 1 atom stereocenters. The summed E-state index contributed by atoms with van der Waals surface area (Å²) in [5, 5.41) is 12.4. The van der Waals surface area contributed by atoms with E-state index in [0.29, 0.717) is 19.4 Å². The zero-order valence-electron chi connectivity index (χ0n) is 13.1. The molecule has 6 nitrogen and oxygen atoms in total. The third-order valence-electron chi connectivity index (χ3n) is 4.93. The number of amides is 2. The third kappa shape index (κ3) is 3.67. The molecule has 2 aliphatic rings. The molecule has 1 saturated carbocycles. The molecule has 1 heterocycles. The quantitative estimate of drug-likeness (QED) is 0.825. The summed E-state index contributed by atoms with van der Waals surface area (Å²) in [7, 11) is 2.05. The van der Waals surface area contributed by atoms with Crippen LogP contribution in [-0.4, -0.2) is 66.2 Å². The number of likely N-dealkylation sites (N-methyl/N-ethyl adjacent to an activating group) is 1. The number of aliphatic carboxylic acids is 1. The second-order valence-electron chi connectivity index (χ2n) is 6.61. The summed E-state index contributed by atoms with van der Waals surface area (Å²) in [6, 6.07) is 0.0395. The highest BCUT2D eigenvalue weighted by Gasteiger charge is 2.40. The number of nitrogens with one attached hydrogen (secondary N) is 1. The Morgan fingerprint density at radius 1 is 1.24 bits per heavy atom. The van der Waals surface area contributed by atoms with Crippen molar-refractivity contribution in [3.63, 3.8) is 0 Å². The van der Waals surface area contributed by atoms with Gasteiger partial charge in [0.2, 0.25) is 0 Å². The molecular weight excluding hydrogens is 270 g/mol. The molecule has 2 fully saturated rings. The lowest BCUT2D eigenvalue weighted by Crippen LogP contribution is -2.57. The largest absolute Gasteiger partial charge is 0.481 e. The standard InChI is InChI=1S/C15H27N3O3/c1-12-10-17(2)8-9-18(12)14(21)16-11-15(13(19)20)6-4-3-5-7-15/h12H,3-11H2,1-2H3,(H,16,21)(H,19,20). The maximum atomic E-state index is 12.3. The Hall–Kier alpha value is -1.30. The fraction of sp³-hybridized carbons (Fsp3) is 0.867. The molecule has 2 N–H and O–H groups in total. The number of carboxylic acid groups (broad SMARTS) is 1. The first-order valence-corrected chi connectivity index (χ1v) is 7.91. The number of rotatable bonds is 3. The van der Waals surface area contributed by atoms with Crippen LogP contribution in [0.15, 0.2) is 0 Å². The molecule has 21 heavy (non-hydrogen) atoms. The lowest BCUT2D eigenvalue weighted by molar-refractivity contribution is -0.150. The number of carboxylic acids is 1. The second kappa shape index (κ2) is 6.64. The van der Waals surface area contributed by atoms with Crippen molar-refractivity contribution in [2.75, 3.05) is 33.2 Å². The van der Waals surface area contributed by atoms with Crippen LogP contribution in [0.1, 0.15) is 39.0 Å². The fourth-order valence-corrected chi connectivity index (χ4v) is 3.48. The highest BCUT2D eigenvalue weighted by Crippen LogP contribution is 2.36. The van der Waals surface area contributed by atoms with Crippen LogP contribution in [0, 0.1) is 5.41 Å². The van der Waals surface area contributed by atoms with Gasteiger partial charge in [-0.3, -0.25) is 4.79 Å².